The van der Waals surface area contributed by atoms with Gasteiger partial charge in [-0.2, -0.15) is 0 Å². The summed E-state index contributed by atoms with van der Waals surface area (Å²) in [5.74, 6) is 0.834. The van der Waals surface area contributed by atoms with Crippen LogP contribution in [0.15, 0.2) is 12.4 Å². The summed E-state index contributed by atoms with van der Waals surface area (Å²) in [4.78, 5) is 11.4. The first-order chi connectivity index (χ1) is 9.38. The van der Waals surface area contributed by atoms with E-state index in [0.717, 1.165) is 37.3 Å². The first-order valence-electron chi connectivity index (χ1n) is 7.23. The highest BCUT2D eigenvalue weighted by molar-refractivity contribution is 5.40. The number of ether oxygens (including phenoxy) is 1. The molecule has 19 heavy (non-hydrogen) atoms. The SMILES string of the molecule is CNc1nccnc1C1CN(C2CCCC2)CCO1. The molecule has 2 aliphatic rings. The van der Waals surface area contributed by atoms with E-state index in [1.807, 2.05) is 7.05 Å². The van der Waals surface area contributed by atoms with Gasteiger partial charge in [0, 0.05) is 38.6 Å². The minimum absolute atomic E-state index is 0.0468. The molecule has 1 aliphatic carbocycles. The molecule has 0 amide bonds. The van der Waals surface area contributed by atoms with Crippen LogP contribution in [0.4, 0.5) is 5.82 Å². The number of morpholine rings is 1. The summed E-state index contributed by atoms with van der Waals surface area (Å²) >= 11 is 0. The molecule has 1 saturated carbocycles. The zero-order chi connectivity index (χ0) is 13.1. The van der Waals surface area contributed by atoms with Crippen molar-refractivity contribution in [1.82, 2.24) is 14.9 Å². The van der Waals surface area contributed by atoms with E-state index in [4.69, 9.17) is 4.74 Å². The van der Waals surface area contributed by atoms with E-state index in [2.05, 4.69) is 20.2 Å². The molecule has 1 aliphatic heterocycles. The average Bonchev–Trinajstić information content (AvgIpc) is 3.01. The lowest BCUT2D eigenvalue weighted by Crippen LogP contribution is -2.44. The number of nitrogens with one attached hydrogen (secondary N) is 1. The third-order valence-electron chi connectivity index (χ3n) is 4.21. The molecule has 1 atom stereocenters. The number of nitrogens with zero attached hydrogens (tertiary/aromatic N) is 3. The van der Waals surface area contributed by atoms with Crippen LogP contribution in [-0.2, 0) is 4.74 Å². The first kappa shape index (κ1) is 12.8. The summed E-state index contributed by atoms with van der Waals surface area (Å²) in [6.07, 6.45) is 8.93. The van der Waals surface area contributed by atoms with Crippen LogP contribution in [0.3, 0.4) is 0 Å². The van der Waals surface area contributed by atoms with E-state index in [-0.39, 0.29) is 6.10 Å². The van der Waals surface area contributed by atoms with E-state index in [1.165, 1.54) is 25.7 Å². The van der Waals surface area contributed by atoms with Crippen molar-refractivity contribution < 1.29 is 4.74 Å². The third kappa shape index (κ3) is 2.72. The molecular formula is C14H22N4O. The summed E-state index contributed by atoms with van der Waals surface area (Å²) in [5.41, 5.74) is 0.938. The second-order valence-electron chi connectivity index (χ2n) is 5.33. The van der Waals surface area contributed by atoms with Gasteiger partial charge in [0.2, 0.25) is 0 Å². The minimum Gasteiger partial charge on any atom is -0.372 e. The maximum absolute atomic E-state index is 5.91. The van der Waals surface area contributed by atoms with Crippen LogP contribution >= 0.6 is 0 Å². The van der Waals surface area contributed by atoms with Crippen molar-refractivity contribution in [1.29, 1.82) is 0 Å². The van der Waals surface area contributed by atoms with Gasteiger partial charge in [-0.1, -0.05) is 12.8 Å². The van der Waals surface area contributed by atoms with E-state index < -0.39 is 0 Å². The van der Waals surface area contributed by atoms with Crippen LogP contribution in [0.5, 0.6) is 0 Å². The zero-order valence-electron chi connectivity index (χ0n) is 11.5. The molecular weight excluding hydrogens is 240 g/mol. The number of hydrogen-bond acceptors (Lipinski definition) is 5. The maximum Gasteiger partial charge on any atom is 0.150 e. The van der Waals surface area contributed by atoms with Crippen LogP contribution in [-0.4, -0.2) is 47.7 Å². The number of anilines is 1. The Morgan fingerprint density at radius 2 is 2.05 bits per heavy atom. The fourth-order valence-electron chi connectivity index (χ4n) is 3.21. The Kier molecular flexibility index (Phi) is 3.94. The third-order valence-corrected chi connectivity index (χ3v) is 4.21. The molecule has 2 heterocycles. The predicted octanol–water partition coefficient (Wildman–Crippen LogP) is 1.83. The molecule has 2 fully saturated rings. The summed E-state index contributed by atoms with van der Waals surface area (Å²) < 4.78 is 5.91. The van der Waals surface area contributed by atoms with Gasteiger partial charge in [-0.05, 0) is 12.8 Å². The molecule has 104 valence electrons. The predicted molar refractivity (Wildman–Crippen MR) is 74.1 cm³/mol. The molecule has 5 nitrogen and oxygen atoms in total. The number of rotatable bonds is 3. The van der Waals surface area contributed by atoms with Gasteiger partial charge in [0.1, 0.15) is 17.6 Å². The van der Waals surface area contributed by atoms with Crippen molar-refractivity contribution in [2.24, 2.45) is 0 Å². The lowest BCUT2D eigenvalue weighted by atomic mass is 10.1. The normalized spacial score (nSPS) is 25.6. The lowest BCUT2D eigenvalue weighted by Gasteiger charge is -2.36. The highest BCUT2D eigenvalue weighted by atomic mass is 16.5. The number of hydrogen-bond donors (Lipinski definition) is 1. The Labute approximate surface area is 114 Å². The molecule has 1 N–H and O–H groups in total. The van der Waals surface area contributed by atoms with Crippen LogP contribution in [0.25, 0.3) is 0 Å². The molecule has 1 saturated heterocycles. The van der Waals surface area contributed by atoms with Crippen molar-refractivity contribution >= 4 is 5.82 Å². The maximum atomic E-state index is 5.91. The van der Waals surface area contributed by atoms with E-state index in [9.17, 15) is 0 Å². The average molecular weight is 262 g/mol. The highest BCUT2D eigenvalue weighted by Crippen LogP contribution is 2.30. The van der Waals surface area contributed by atoms with Gasteiger partial charge in [0.25, 0.3) is 0 Å². The van der Waals surface area contributed by atoms with Gasteiger partial charge in [-0.3, -0.25) is 9.88 Å². The molecule has 0 radical (unpaired) electrons. The molecule has 1 unspecified atom stereocenters. The topological polar surface area (TPSA) is 50.3 Å². The van der Waals surface area contributed by atoms with Crippen LogP contribution in [0, 0.1) is 0 Å². The highest BCUT2D eigenvalue weighted by Gasteiger charge is 2.30. The second kappa shape index (κ2) is 5.84. The molecule has 0 aromatic carbocycles. The standard InChI is InChI=1S/C14H22N4O/c1-15-14-13(16-6-7-17-14)12-10-18(8-9-19-12)11-4-2-3-5-11/h6-7,11-12H,2-5,8-10H2,1H3,(H,15,17). The molecule has 1 aromatic heterocycles. The van der Waals surface area contributed by atoms with Gasteiger partial charge in [-0.15, -0.1) is 0 Å². The van der Waals surface area contributed by atoms with Crippen LogP contribution < -0.4 is 5.32 Å². The van der Waals surface area contributed by atoms with Crippen molar-refractivity contribution in [2.45, 2.75) is 37.8 Å². The Balaban J connectivity index is 1.73. The van der Waals surface area contributed by atoms with Gasteiger partial charge < -0.3 is 10.1 Å². The molecule has 5 heteroatoms. The van der Waals surface area contributed by atoms with E-state index in [1.54, 1.807) is 12.4 Å². The fraction of sp³-hybridized carbons (Fsp3) is 0.714. The first-order valence-corrected chi connectivity index (χ1v) is 7.23. The molecule has 0 spiro atoms. The largest absolute Gasteiger partial charge is 0.372 e. The van der Waals surface area contributed by atoms with Crippen molar-refractivity contribution in [3.05, 3.63) is 18.1 Å². The van der Waals surface area contributed by atoms with Crippen LogP contribution in [0.2, 0.25) is 0 Å². The van der Waals surface area contributed by atoms with E-state index >= 15 is 0 Å². The fourth-order valence-corrected chi connectivity index (χ4v) is 3.21. The Morgan fingerprint density at radius 1 is 1.26 bits per heavy atom. The minimum atomic E-state index is 0.0468. The molecule has 1 aromatic rings. The van der Waals surface area contributed by atoms with Crippen LogP contribution in [0.1, 0.15) is 37.5 Å². The van der Waals surface area contributed by atoms with Gasteiger partial charge in [-0.25, -0.2) is 4.98 Å². The zero-order valence-corrected chi connectivity index (χ0v) is 11.5. The van der Waals surface area contributed by atoms with E-state index in [0.29, 0.717) is 0 Å². The Hall–Kier alpha value is -1.20. The number of aromatic nitrogens is 2. The van der Waals surface area contributed by atoms with Crippen molar-refractivity contribution in [2.75, 3.05) is 32.1 Å². The smallest absolute Gasteiger partial charge is 0.150 e. The van der Waals surface area contributed by atoms with Gasteiger partial charge in [0.15, 0.2) is 0 Å². The summed E-state index contributed by atoms with van der Waals surface area (Å²) in [5, 5.41) is 3.11. The van der Waals surface area contributed by atoms with Crippen molar-refractivity contribution in [3.8, 4) is 0 Å². The lowest BCUT2D eigenvalue weighted by molar-refractivity contribution is -0.0457. The van der Waals surface area contributed by atoms with Gasteiger partial charge in [0.05, 0.1) is 6.61 Å². The quantitative estimate of drug-likeness (QED) is 0.900. The summed E-state index contributed by atoms with van der Waals surface area (Å²) in [7, 11) is 1.88. The Morgan fingerprint density at radius 3 is 2.84 bits per heavy atom. The summed E-state index contributed by atoms with van der Waals surface area (Å²) in [6, 6.07) is 0.751. The van der Waals surface area contributed by atoms with Crippen molar-refractivity contribution in [3.63, 3.8) is 0 Å². The second-order valence-corrected chi connectivity index (χ2v) is 5.33. The molecule has 0 bridgehead atoms. The monoisotopic (exact) mass is 262 g/mol. The molecule has 3 rings (SSSR count). The van der Waals surface area contributed by atoms with Gasteiger partial charge >= 0.3 is 0 Å². The Bertz CT molecular complexity index is 420. The summed E-state index contributed by atoms with van der Waals surface area (Å²) in [6.45, 7) is 2.79.